The molecule has 4 unspecified atom stereocenters. The number of carbonyl (C=O) groups is 5. The number of hydrogen-bond donors (Lipinski definition) is 7. The Morgan fingerprint density at radius 2 is 1.17 bits per heavy atom. The lowest BCUT2D eigenvalue weighted by molar-refractivity contribution is -0.143. The molecular formula is C34H37N5O7. The zero-order valence-corrected chi connectivity index (χ0v) is 25.0. The van der Waals surface area contributed by atoms with Crippen molar-refractivity contribution in [2.45, 2.75) is 56.3 Å². The van der Waals surface area contributed by atoms with Gasteiger partial charge in [-0.25, -0.2) is 4.79 Å². The minimum absolute atomic E-state index is 0.00492. The number of aromatic amines is 1. The van der Waals surface area contributed by atoms with E-state index >= 15 is 0 Å². The minimum Gasteiger partial charge on any atom is -0.481 e. The van der Waals surface area contributed by atoms with Crippen molar-refractivity contribution >= 4 is 40.6 Å². The molecule has 0 bridgehead atoms. The first-order chi connectivity index (χ1) is 22.1. The molecule has 8 N–H and O–H groups in total. The number of para-hydroxylation sites is 1. The molecule has 3 aromatic carbocycles. The summed E-state index contributed by atoms with van der Waals surface area (Å²) in [6.07, 6.45) is 1.23. The molecule has 46 heavy (non-hydrogen) atoms. The Morgan fingerprint density at radius 1 is 0.652 bits per heavy atom. The molecule has 0 aliphatic carbocycles. The van der Waals surface area contributed by atoms with Crippen LogP contribution < -0.4 is 21.7 Å². The molecular weight excluding hydrogens is 590 g/mol. The van der Waals surface area contributed by atoms with Gasteiger partial charge in [-0.05, 0) is 35.6 Å². The molecule has 0 aliphatic heterocycles. The van der Waals surface area contributed by atoms with Crippen LogP contribution in [0.4, 0.5) is 0 Å². The number of carboxylic acid groups (broad SMARTS) is 2. The van der Waals surface area contributed by atoms with Crippen LogP contribution >= 0.6 is 0 Å². The first kappa shape index (κ1) is 33.4. The molecule has 4 rings (SSSR count). The van der Waals surface area contributed by atoms with Gasteiger partial charge in [-0.2, -0.15) is 0 Å². The van der Waals surface area contributed by atoms with E-state index < -0.39 is 60.2 Å². The van der Waals surface area contributed by atoms with E-state index in [0.717, 1.165) is 22.0 Å². The Hall–Kier alpha value is -5.49. The lowest BCUT2D eigenvalue weighted by Crippen LogP contribution is -2.58. The number of nitrogens with one attached hydrogen (secondary N) is 4. The number of hydrogen-bond acceptors (Lipinski definition) is 6. The molecule has 1 heterocycles. The second-order valence-electron chi connectivity index (χ2n) is 11.0. The van der Waals surface area contributed by atoms with Crippen LogP contribution in [0.5, 0.6) is 0 Å². The maximum atomic E-state index is 13.9. The SMILES string of the molecule is NC(Cc1ccccc1)C(=O)NC(Cc1c[nH]c2ccccc12)C(=O)NC(Cc1ccccc1)C(=O)NC(CCC(=O)O)C(=O)O. The van der Waals surface area contributed by atoms with Crippen LogP contribution in [0, 0.1) is 0 Å². The minimum atomic E-state index is -1.49. The summed E-state index contributed by atoms with van der Waals surface area (Å²) in [5, 5.41) is 27.3. The predicted octanol–water partition coefficient (Wildman–Crippen LogP) is 1.93. The second-order valence-corrected chi connectivity index (χ2v) is 11.0. The first-order valence-electron chi connectivity index (χ1n) is 14.8. The molecule has 4 aromatic rings. The van der Waals surface area contributed by atoms with E-state index in [1.807, 2.05) is 54.6 Å². The molecule has 0 spiro atoms. The Morgan fingerprint density at radius 3 is 1.78 bits per heavy atom. The average molecular weight is 628 g/mol. The van der Waals surface area contributed by atoms with Crippen LogP contribution in [0.1, 0.15) is 29.5 Å². The van der Waals surface area contributed by atoms with Crippen molar-refractivity contribution in [3.05, 3.63) is 108 Å². The van der Waals surface area contributed by atoms with Gasteiger partial charge in [-0.1, -0.05) is 78.9 Å². The van der Waals surface area contributed by atoms with Gasteiger partial charge < -0.3 is 36.9 Å². The van der Waals surface area contributed by atoms with Crippen molar-refractivity contribution in [1.29, 1.82) is 0 Å². The third-order valence-electron chi connectivity index (χ3n) is 7.54. The van der Waals surface area contributed by atoms with Crippen molar-refractivity contribution in [2.75, 3.05) is 0 Å². The van der Waals surface area contributed by atoms with Gasteiger partial charge in [-0.3, -0.25) is 19.2 Å². The zero-order chi connectivity index (χ0) is 33.1. The predicted molar refractivity (Wildman–Crippen MR) is 171 cm³/mol. The van der Waals surface area contributed by atoms with Gasteiger partial charge in [-0.15, -0.1) is 0 Å². The van der Waals surface area contributed by atoms with Crippen LogP contribution in [0.3, 0.4) is 0 Å². The summed E-state index contributed by atoms with van der Waals surface area (Å²) < 4.78 is 0. The summed E-state index contributed by atoms with van der Waals surface area (Å²) in [7, 11) is 0. The highest BCUT2D eigenvalue weighted by atomic mass is 16.4. The summed E-state index contributed by atoms with van der Waals surface area (Å²) in [6, 6.07) is 20.6. The maximum Gasteiger partial charge on any atom is 0.326 e. The van der Waals surface area contributed by atoms with E-state index in [9.17, 15) is 29.1 Å². The molecule has 0 saturated carbocycles. The van der Waals surface area contributed by atoms with Gasteiger partial charge in [0.05, 0.1) is 6.04 Å². The fourth-order valence-electron chi connectivity index (χ4n) is 5.10. The van der Waals surface area contributed by atoms with Crippen molar-refractivity contribution in [2.24, 2.45) is 5.73 Å². The summed E-state index contributed by atoms with van der Waals surface area (Å²) in [5.74, 6) is -4.67. The molecule has 0 fully saturated rings. The number of aliphatic carboxylic acids is 2. The standard InChI is InChI=1S/C34H37N5O7/c35-25(17-21-9-3-1-4-10-21)31(42)38-29(19-23-20-36-26-14-8-7-13-24(23)26)33(44)39-28(18-22-11-5-2-6-12-22)32(43)37-27(34(45)46)15-16-30(40)41/h1-14,20,25,27-29,36H,15-19,35H2,(H,37,43)(H,38,42)(H,39,44)(H,40,41)(H,45,46). The van der Waals surface area contributed by atoms with Crippen molar-refractivity contribution in [1.82, 2.24) is 20.9 Å². The second kappa shape index (κ2) is 16.0. The van der Waals surface area contributed by atoms with E-state index in [4.69, 9.17) is 10.8 Å². The van der Waals surface area contributed by atoms with E-state index in [1.54, 1.807) is 36.5 Å². The Balaban J connectivity index is 1.58. The summed E-state index contributed by atoms with van der Waals surface area (Å²) in [4.78, 5) is 66.7. The van der Waals surface area contributed by atoms with E-state index in [1.165, 1.54) is 0 Å². The first-order valence-corrected chi connectivity index (χ1v) is 14.8. The van der Waals surface area contributed by atoms with Crippen LogP contribution in [0.2, 0.25) is 0 Å². The van der Waals surface area contributed by atoms with Crippen LogP contribution in [-0.2, 0) is 43.2 Å². The molecule has 3 amide bonds. The van der Waals surface area contributed by atoms with Gasteiger partial charge >= 0.3 is 11.9 Å². The summed E-state index contributed by atoms with van der Waals surface area (Å²) in [6.45, 7) is 0. The number of carboxylic acids is 2. The Labute approximate surface area is 265 Å². The Bertz CT molecular complexity index is 1660. The van der Waals surface area contributed by atoms with Crippen molar-refractivity contribution in [3.8, 4) is 0 Å². The molecule has 0 radical (unpaired) electrons. The number of fused-ring (bicyclic) bond motifs is 1. The number of rotatable bonds is 16. The molecule has 4 atom stereocenters. The summed E-state index contributed by atoms with van der Waals surface area (Å²) in [5.41, 5.74) is 9.35. The molecule has 0 aliphatic rings. The summed E-state index contributed by atoms with van der Waals surface area (Å²) >= 11 is 0. The van der Waals surface area contributed by atoms with Crippen LogP contribution in [0.25, 0.3) is 10.9 Å². The van der Waals surface area contributed by atoms with E-state index in [0.29, 0.717) is 5.56 Å². The Kier molecular flexibility index (Phi) is 11.6. The average Bonchev–Trinajstić information content (AvgIpc) is 3.45. The number of aromatic nitrogens is 1. The number of amides is 3. The van der Waals surface area contributed by atoms with Gasteiger partial charge in [0.15, 0.2) is 0 Å². The van der Waals surface area contributed by atoms with Gasteiger partial charge in [0.1, 0.15) is 18.1 Å². The largest absolute Gasteiger partial charge is 0.481 e. The van der Waals surface area contributed by atoms with Gasteiger partial charge in [0.2, 0.25) is 17.7 Å². The number of H-pyrrole nitrogens is 1. The normalized spacial score (nSPS) is 13.6. The monoisotopic (exact) mass is 627 g/mol. The van der Waals surface area contributed by atoms with Gasteiger partial charge in [0, 0.05) is 36.4 Å². The lowest BCUT2D eigenvalue weighted by Gasteiger charge is -2.25. The zero-order valence-electron chi connectivity index (χ0n) is 25.0. The van der Waals surface area contributed by atoms with E-state index in [-0.39, 0.29) is 25.7 Å². The quantitative estimate of drug-likeness (QED) is 0.0975. The third kappa shape index (κ3) is 9.50. The molecule has 240 valence electrons. The highest BCUT2D eigenvalue weighted by Gasteiger charge is 2.31. The topological polar surface area (TPSA) is 204 Å². The highest BCUT2D eigenvalue weighted by molar-refractivity contribution is 5.95. The van der Waals surface area contributed by atoms with Crippen molar-refractivity contribution < 1.29 is 34.2 Å². The van der Waals surface area contributed by atoms with Crippen molar-refractivity contribution in [3.63, 3.8) is 0 Å². The number of nitrogens with two attached hydrogens (primary N) is 1. The molecule has 0 saturated heterocycles. The third-order valence-corrected chi connectivity index (χ3v) is 7.54. The fraction of sp³-hybridized carbons (Fsp3) is 0.265. The fourth-order valence-corrected chi connectivity index (χ4v) is 5.10. The molecule has 12 heteroatoms. The van der Waals surface area contributed by atoms with E-state index in [2.05, 4.69) is 20.9 Å². The molecule has 12 nitrogen and oxygen atoms in total. The van der Waals surface area contributed by atoms with Gasteiger partial charge in [0.25, 0.3) is 0 Å². The van der Waals surface area contributed by atoms with Crippen LogP contribution in [-0.4, -0.2) is 69.0 Å². The lowest BCUT2D eigenvalue weighted by atomic mass is 10.0. The number of carbonyl (C=O) groups excluding carboxylic acids is 3. The highest BCUT2D eigenvalue weighted by Crippen LogP contribution is 2.19. The molecule has 1 aromatic heterocycles. The van der Waals surface area contributed by atoms with Crippen LogP contribution in [0.15, 0.2) is 91.1 Å². The number of benzene rings is 3. The smallest absolute Gasteiger partial charge is 0.326 e. The maximum absolute atomic E-state index is 13.9.